The van der Waals surface area contributed by atoms with Gasteiger partial charge in [-0.15, -0.1) is 0 Å². The standard InChI is InChI=1S/C15H16BrN5O/c1-9(12-7-17-8-18-12)21-13-6-10(16)4-5-11(13)14(20(2)3)19-15(21)22/h4-9H,1-3H3,(H,17,18)/t9-/m0/s1. The van der Waals surface area contributed by atoms with Crippen LogP contribution in [0.2, 0.25) is 0 Å². The smallest absolute Gasteiger partial charge is 0.350 e. The van der Waals surface area contributed by atoms with Crippen molar-refractivity contribution in [1.82, 2.24) is 19.5 Å². The highest BCUT2D eigenvalue weighted by Gasteiger charge is 2.18. The largest absolute Gasteiger partial charge is 0.362 e. The molecule has 3 rings (SSSR count). The highest BCUT2D eigenvalue weighted by molar-refractivity contribution is 9.10. The maximum atomic E-state index is 12.6. The molecule has 1 N–H and O–H groups in total. The molecule has 1 atom stereocenters. The summed E-state index contributed by atoms with van der Waals surface area (Å²) in [5, 5.41) is 0.926. The van der Waals surface area contributed by atoms with Crippen molar-refractivity contribution in [2.24, 2.45) is 0 Å². The van der Waals surface area contributed by atoms with Gasteiger partial charge in [0.25, 0.3) is 0 Å². The van der Waals surface area contributed by atoms with E-state index in [4.69, 9.17) is 0 Å². The second-order valence-corrected chi connectivity index (χ2v) is 6.23. The molecule has 1 aromatic carbocycles. The van der Waals surface area contributed by atoms with Crippen LogP contribution in [-0.2, 0) is 0 Å². The maximum absolute atomic E-state index is 12.6. The molecule has 0 spiro atoms. The van der Waals surface area contributed by atoms with E-state index in [0.717, 1.165) is 21.1 Å². The molecule has 22 heavy (non-hydrogen) atoms. The van der Waals surface area contributed by atoms with E-state index in [1.807, 2.05) is 44.1 Å². The maximum Gasteiger partial charge on any atom is 0.350 e. The summed E-state index contributed by atoms with van der Waals surface area (Å²) in [5.41, 5.74) is 1.33. The summed E-state index contributed by atoms with van der Waals surface area (Å²) in [7, 11) is 3.76. The lowest BCUT2D eigenvalue weighted by molar-refractivity contribution is 0.608. The van der Waals surface area contributed by atoms with E-state index < -0.39 is 0 Å². The molecule has 114 valence electrons. The van der Waals surface area contributed by atoms with Crippen molar-refractivity contribution in [2.75, 3.05) is 19.0 Å². The van der Waals surface area contributed by atoms with Gasteiger partial charge in [-0.25, -0.2) is 9.78 Å². The van der Waals surface area contributed by atoms with Crippen LogP contribution >= 0.6 is 15.9 Å². The number of hydrogen-bond donors (Lipinski definition) is 1. The first-order chi connectivity index (χ1) is 10.5. The Morgan fingerprint density at radius 3 is 2.77 bits per heavy atom. The molecule has 0 fully saturated rings. The Labute approximate surface area is 135 Å². The lowest BCUT2D eigenvalue weighted by atomic mass is 10.2. The monoisotopic (exact) mass is 361 g/mol. The minimum absolute atomic E-state index is 0.209. The number of imidazole rings is 1. The van der Waals surface area contributed by atoms with E-state index in [0.29, 0.717) is 5.82 Å². The number of halogens is 1. The van der Waals surface area contributed by atoms with E-state index in [1.54, 1.807) is 17.1 Å². The average Bonchev–Trinajstić information content (AvgIpc) is 2.99. The Kier molecular flexibility index (Phi) is 3.74. The molecule has 0 aliphatic heterocycles. The fourth-order valence-corrected chi connectivity index (χ4v) is 2.90. The summed E-state index contributed by atoms with van der Waals surface area (Å²) >= 11 is 3.48. The van der Waals surface area contributed by atoms with Crippen LogP contribution in [0.15, 0.2) is 40.0 Å². The second-order valence-electron chi connectivity index (χ2n) is 5.31. The van der Waals surface area contributed by atoms with Crippen LogP contribution in [0.25, 0.3) is 10.9 Å². The summed E-state index contributed by atoms with van der Waals surface area (Å²) in [6.07, 6.45) is 3.40. The highest BCUT2D eigenvalue weighted by Crippen LogP contribution is 2.27. The van der Waals surface area contributed by atoms with Crippen LogP contribution < -0.4 is 10.6 Å². The van der Waals surface area contributed by atoms with Gasteiger partial charge in [0.2, 0.25) is 0 Å². The SMILES string of the molecule is C[C@@H](c1c[nH]cn1)n1c(=O)nc(N(C)C)c2ccc(Br)cc21. The summed E-state index contributed by atoms with van der Waals surface area (Å²) in [5.74, 6) is 0.665. The van der Waals surface area contributed by atoms with Crippen LogP contribution in [0.3, 0.4) is 0 Å². The Balaban J connectivity index is 2.35. The van der Waals surface area contributed by atoms with Crippen molar-refractivity contribution in [2.45, 2.75) is 13.0 Å². The van der Waals surface area contributed by atoms with Gasteiger partial charge in [-0.3, -0.25) is 4.57 Å². The minimum Gasteiger partial charge on any atom is -0.362 e. The predicted octanol–water partition coefficient (Wildman–Crippen LogP) is 2.56. The van der Waals surface area contributed by atoms with E-state index in [-0.39, 0.29) is 11.7 Å². The number of aromatic nitrogens is 4. The van der Waals surface area contributed by atoms with Gasteiger partial charge in [0, 0.05) is 30.2 Å². The van der Waals surface area contributed by atoms with Gasteiger partial charge in [0.05, 0.1) is 23.6 Å². The third-order valence-corrected chi connectivity index (χ3v) is 4.12. The Hall–Kier alpha value is -2.15. The number of aromatic amines is 1. The van der Waals surface area contributed by atoms with Gasteiger partial charge in [0.15, 0.2) is 0 Å². The Morgan fingerprint density at radius 1 is 1.36 bits per heavy atom. The fraction of sp³-hybridized carbons (Fsp3) is 0.267. The average molecular weight is 362 g/mol. The number of H-pyrrole nitrogens is 1. The molecule has 2 aromatic heterocycles. The van der Waals surface area contributed by atoms with Gasteiger partial charge in [-0.2, -0.15) is 4.98 Å². The first-order valence-corrected chi connectivity index (χ1v) is 7.66. The molecule has 0 amide bonds. The molecule has 0 unspecified atom stereocenters. The van der Waals surface area contributed by atoms with Gasteiger partial charge in [0.1, 0.15) is 5.82 Å². The van der Waals surface area contributed by atoms with Crippen LogP contribution in [0, 0.1) is 0 Å². The Bertz CT molecular complexity index is 870. The van der Waals surface area contributed by atoms with Crippen LogP contribution in [0.4, 0.5) is 5.82 Å². The van der Waals surface area contributed by atoms with E-state index in [1.165, 1.54) is 0 Å². The molecule has 0 saturated heterocycles. The van der Waals surface area contributed by atoms with E-state index in [2.05, 4.69) is 30.9 Å². The predicted molar refractivity (Wildman–Crippen MR) is 90.4 cm³/mol. The zero-order chi connectivity index (χ0) is 15.9. The number of anilines is 1. The third kappa shape index (κ3) is 2.41. The zero-order valence-corrected chi connectivity index (χ0v) is 14.1. The van der Waals surface area contributed by atoms with Crippen molar-refractivity contribution < 1.29 is 0 Å². The number of benzene rings is 1. The van der Waals surface area contributed by atoms with Gasteiger partial charge < -0.3 is 9.88 Å². The van der Waals surface area contributed by atoms with Crippen molar-refractivity contribution in [3.8, 4) is 0 Å². The summed E-state index contributed by atoms with van der Waals surface area (Å²) in [6.45, 7) is 1.94. The molecule has 2 heterocycles. The number of rotatable bonds is 3. The van der Waals surface area contributed by atoms with Crippen molar-refractivity contribution in [1.29, 1.82) is 0 Å². The number of nitrogens with one attached hydrogen (secondary N) is 1. The first-order valence-electron chi connectivity index (χ1n) is 6.87. The first kappa shape index (κ1) is 14.8. The topological polar surface area (TPSA) is 66.8 Å². The van der Waals surface area contributed by atoms with Crippen LogP contribution in [-0.4, -0.2) is 33.6 Å². The van der Waals surface area contributed by atoms with E-state index >= 15 is 0 Å². The molecule has 0 bridgehead atoms. The highest BCUT2D eigenvalue weighted by atomic mass is 79.9. The number of fused-ring (bicyclic) bond motifs is 1. The van der Waals surface area contributed by atoms with Gasteiger partial charge >= 0.3 is 5.69 Å². The normalized spacial score (nSPS) is 12.5. The number of hydrogen-bond acceptors (Lipinski definition) is 4. The van der Waals surface area contributed by atoms with Crippen LogP contribution in [0.5, 0.6) is 0 Å². The molecular formula is C15H16BrN5O. The van der Waals surface area contributed by atoms with Crippen molar-refractivity contribution in [3.05, 3.63) is 51.4 Å². The second kappa shape index (κ2) is 5.57. The summed E-state index contributed by atoms with van der Waals surface area (Å²) < 4.78 is 2.58. The molecule has 0 radical (unpaired) electrons. The van der Waals surface area contributed by atoms with Crippen molar-refractivity contribution >= 4 is 32.7 Å². The zero-order valence-electron chi connectivity index (χ0n) is 12.5. The molecule has 0 aliphatic carbocycles. The summed E-state index contributed by atoms with van der Waals surface area (Å²) in [4.78, 5) is 25.8. The lowest BCUT2D eigenvalue weighted by Crippen LogP contribution is -2.29. The van der Waals surface area contributed by atoms with Crippen molar-refractivity contribution in [3.63, 3.8) is 0 Å². The molecule has 0 aliphatic rings. The Morgan fingerprint density at radius 2 is 2.14 bits per heavy atom. The fourth-order valence-electron chi connectivity index (χ4n) is 2.55. The van der Waals surface area contributed by atoms with Gasteiger partial charge in [-0.1, -0.05) is 15.9 Å². The van der Waals surface area contributed by atoms with E-state index in [9.17, 15) is 4.79 Å². The molecule has 6 nitrogen and oxygen atoms in total. The molecule has 7 heteroatoms. The molecular weight excluding hydrogens is 346 g/mol. The molecule has 0 saturated carbocycles. The quantitative estimate of drug-likeness (QED) is 0.778. The molecule has 3 aromatic rings. The van der Waals surface area contributed by atoms with Gasteiger partial charge in [-0.05, 0) is 25.1 Å². The lowest BCUT2D eigenvalue weighted by Gasteiger charge is -2.20. The van der Waals surface area contributed by atoms with Crippen LogP contribution in [0.1, 0.15) is 18.7 Å². The number of nitrogens with zero attached hydrogens (tertiary/aromatic N) is 4. The summed E-state index contributed by atoms with van der Waals surface area (Å²) in [6, 6.07) is 5.65. The minimum atomic E-state index is -0.287. The third-order valence-electron chi connectivity index (χ3n) is 3.63.